The van der Waals surface area contributed by atoms with Crippen LogP contribution in [0.3, 0.4) is 0 Å². The van der Waals surface area contributed by atoms with Crippen LogP contribution in [0.5, 0.6) is 0 Å². The summed E-state index contributed by atoms with van der Waals surface area (Å²) >= 11 is 0. The molecule has 2 aliphatic rings. The summed E-state index contributed by atoms with van der Waals surface area (Å²) in [6.07, 6.45) is 5.88. The van der Waals surface area contributed by atoms with E-state index in [0.717, 1.165) is 58.2 Å². The average molecular weight is 362 g/mol. The van der Waals surface area contributed by atoms with Crippen LogP contribution >= 0.6 is 0 Å². The molecule has 0 unspecified atom stereocenters. The summed E-state index contributed by atoms with van der Waals surface area (Å²) in [4.78, 5) is 16.5. The maximum Gasteiger partial charge on any atom is 0.227 e. The van der Waals surface area contributed by atoms with Crippen molar-refractivity contribution in [3.8, 4) is 0 Å². The molecule has 1 spiro atoms. The zero-order chi connectivity index (χ0) is 18.8. The van der Waals surface area contributed by atoms with Gasteiger partial charge in [-0.1, -0.05) is 18.2 Å². The van der Waals surface area contributed by atoms with E-state index in [1.165, 1.54) is 6.07 Å². The van der Waals surface area contributed by atoms with Gasteiger partial charge >= 0.3 is 0 Å². The highest BCUT2D eigenvalue weighted by molar-refractivity contribution is 5.78. The normalized spacial score (nSPS) is 22.0. The molecule has 1 N–H and O–H groups in total. The van der Waals surface area contributed by atoms with Gasteiger partial charge in [0.15, 0.2) is 0 Å². The number of halogens is 1. The molecule has 0 aromatic heterocycles. The quantitative estimate of drug-likeness (QED) is 0.896. The van der Waals surface area contributed by atoms with Gasteiger partial charge in [0, 0.05) is 19.6 Å². The van der Waals surface area contributed by atoms with Crippen molar-refractivity contribution in [3.05, 3.63) is 35.6 Å². The number of benzene rings is 1. The topological polar surface area (TPSA) is 43.8 Å². The summed E-state index contributed by atoms with van der Waals surface area (Å²) in [5, 5.41) is 10.7. The summed E-state index contributed by atoms with van der Waals surface area (Å²) in [6, 6.07) is 6.51. The number of hydrogen-bond donors (Lipinski definition) is 1. The van der Waals surface area contributed by atoms with Crippen molar-refractivity contribution >= 4 is 5.91 Å². The summed E-state index contributed by atoms with van der Waals surface area (Å²) in [6.45, 7) is 2.22. The van der Waals surface area contributed by atoms with Gasteiger partial charge in [-0.25, -0.2) is 4.39 Å². The molecule has 4 nitrogen and oxygen atoms in total. The molecule has 144 valence electrons. The molecule has 1 saturated carbocycles. The fourth-order valence-electron chi connectivity index (χ4n) is 4.64. The van der Waals surface area contributed by atoms with Crippen LogP contribution in [0.1, 0.15) is 44.1 Å². The highest BCUT2D eigenvalue weighted by atomic mass is 19.1. The van der Waals surface area contributed by atoms with E-state index in [0.29, 0.717) is 5.56 Å². The maximum absolute atomic E-state index is 13.8. The van der Waals surface area contributed by atoms with E-state index in [1.807, 2.05) is 19.0 Å². The molecule has 0 bridgehead atoms. The third-order valence-corrected chi connectivity index (χ3v) is 6.33. The smallest absolute Gasteiger partial charge is 0.227 e. The first-order chi connectivity index (χ1) is 12.3. The van der Waals surface area contributed by atoms with Gasteiger partial charge in [0.2, 0.25) is 5.91 Å². The number of piperidine rings is 1. The Morgan fingerprint density at radius 3 is 2.31 bits per heavy atom. The van der Waals surface area contributed by atoms with Crippen LogP contribution in [-0.2, 0) is 11.2 Å². The second kappa shape index (κ2) is 7.65. The van der Waals surface area contributed by atoms with E-state index in [9.17, 15) is 14.3 Å². The molecule has 1 aromatic carbocycles. The molecule has 1 aliphatic carbocycles. The molecule has 1 amide bonds. The lowest BCUT2D eigenvalue weighted by Crippen LogP contribution is -2.50. The van der Waals surface area contributed by atoms with E-state index in [1.54, 1.807) is 18.2 Å². The van der Waals surface area contributed by atoms with Gasteiger partial charge in [-0.3, -0.25) is 4.79 Å². The number of hydrogen-bond acceptors (Lipinski definition) is 3. The molecule has 0 atom stereocenters. The summed E-state index contributed by atoms with van der Waals surface area (Å²) < 4.78 is 13.8. The summed E-state index contributed by atoms with van der Waals surface area (Å²) in [5.41, 5.74) is 0.184. The van der Waals surface area contributed by atoms with Crippen molar-refractivity contribution in [1.29, 1.82) is 0 Å². The molecule has 1 heterocycles. The van der Waals surface area contributed by atoms with Crippen LogP contribution in [0.2, 0.25) is 0 Å². The minimum Gasteiger partial charge on any atom is -0.389 e. The van der Waals surface area contributed by atoms with Gasteiger partial charge in [-0.05, 0) is 69.7 Å². The Kier molecular flexibility index (Phi) is 5.68. The van der Waals surface area contributed by atoms with Gasteiger partial charge in [0.25, 0.3) is 0 Å². The van der Waals surface area contributed by atoms with E-state index in [-0.39, 0.29) is 23.6 Å². The van der Waals surface area contributed by atoms with Crippen molar-refractivity contribution in [2.45, 2.75) is 50.5 Å². The standard InChI is InChI=1S/C21H31FN2O2/c1-23(2)16-21(26)9-7-20(8-10-21)11-13-24(14-12-20)19(25)15-17-5-3-4-6-18(17)22/h3-6,26H,7-16H2,1-2H3. The van der Waals surface area contributed by atoms with E-state index >= 15 is 0 Å². The predicted molar refractivity (Wildman–Crippen MR) is 100 cm³/mol. The highest BCUT2D eigenvalue weighted by Gasteiger charge is 2.43. The highest BCUT2D eigenvalue weighted by Crippen LogP contribution is 2.47. The lowest BCUT2D eigenvalue weighted by molar-refractivity contribution is -0.134. The fourth-order valence-corrected chi connectivity index (χ4v) is 4.64. The van der Waals surface area contributed by atoms with Crippen LogP contribution in [0.4, 0.5) is 4.39 Å². The molecule has 5 heteroatoms. The Bertz CT molecular complexity index is 629. The maximum atomic E-state index is 13.8. The first-order valence-electron chi connectivity index (χ1n) is 9.69. The van der Waals surface area contributed by atoms with Crippen LogP contribution < -0.4 is 0 Å². The Morgan fingerprint density at radius 1 is 1.12 bits per heavy atom. The lowest BCUT2D eigenvalue weighted by atomic mass is 9.64. The Labute approximate surface area is 156 Å². The van der Waals surface area contributed by atoms with Gasteiger partial charge in [-0.15, -0.1) is 0 Å². The zero-order valence-electron chi connectivity index (χ0n) is 16.0. The zero-order valence-corrected chi connectivity index (χ0v) is 16.0. The number of carbonyl (C=O) groups excluding carboxylic acids is 1. The summed E-state index contributed by atoms with van der Waals surface area (Å²) in [5.74, 6) is -0.285. The fraction of sp³-hybridized carbons (Fsp3) is 0.667. The van der Waals surface area contributed by atoms with Crippen LogP contribution in [0, 0.1) is 11.2 Å². The van der Waals surface area contributed by atoms with Crippen molar-refractivity contribution in [3.63, 3.8) is 0 Å². The molecule has 1 saturated heterocycles. The molecule has 1 aromatic rings. The van der Waals surface area contributed by atoms with Gasteiger partial charge in [0.1, 0.15) is 5.82 Å². The van der Waals surface area contributed by atoms with Gasteiger partial charge < -0.3 is 14.9 Å². The largest absolute Gasteiger partial charge is 0.389 e. The third-order valence-electron chi connectivity index (χ3n) is 6.33. The van der Waals surface area contributed by atoms with Crippen LogP contribution in [0.25, 0.3) is 0 Å². The minimum atomic E-state index is -0.563. The van der Waals surface area contributed by atoms with Crippen molar-refractivity contribution < 1.29 is 14.3 Å². The number of likely N-dealkylation sites (N-methyl/N-ethyl adjacent to an activating group) is 1. The summed E-state index contributed by atoms with van der Waals surface area (Å²) in [7, 11) is 4.00. The number of amides is 1. The number of nitrogens with zero attached hydrogens (tertiary/aromatic N) is 2. The SMILES string of the molecule is CN(C)CC1(O)CCC2(CCN(C(=O)Cc3ccccc3F)CC2)CC1. The predicted octanol–water partition coefficient (Wildman–Crippen LogP) is 2.84. The Hall–Kier alpha value is -1.46. The monoisotopic (exact) mass is 362 g/mol. The number of likely N-dealkylation sites (tertiary alicyclic amines) is 1. The van der Waals surface area contributed by atoms with Gasteiger partial charge in [-0.2, -0.15) is 0 Å². The molecular weight excluding hydrogens is 331 g/mol. The molecular formula is C21H31FN2O2. The average Bonchev–Trinajstić information content (AvgIpc) is 2.60. The second-order valence-corrected chi connectivity index (χ2v) is 8.61. The number of rotatable bonds is 4. The molecule has 26 heavy (non-hydrogen) atoms. The van der Waals surface area contributed by atoms with E-state index in [4.69, 9.17) is 0 Å². The van der Waals surface area contributed by atoms with Gasteiger partial charge in [0.05, 0.1) is 12.0 Å². The molecule has 0 radical (unpaired) electrons. The Balaban J connectivity index is 1.52. The molecule has 3 rings (SSSR count). The van der Waals surface area contributed by atoms with Crippen LogP contribution in [0.15, 0.2) is 24.3 Å². The lowest BCUT2D eigenvalue weighted by Gasteiger charge is -2.48. The van der Waals surface area contributed by atoms with Crippen molar-refractivity contribution in [1.82, 2.24) is 9.80 Å². The first kappa shape index (κ1) is 19.3. The third kappa shape index (κ3) is 4.44. The molecule has 1 aliphatic heterocycles. The minimum absolute atomic E-state index is 0.0184. The van der Waals surface area contributed by atoms with E-state index < -0.39 is 5.60 Å². The van der Waals surface area contributed by atoms with Crippen molar-refractivity contribution in [2.24, 2.45) is 5.41 Å². The second-order valence-electron chi connectivity index (χ2n) is 8.61. The molecule has 2 fully saturated rings. The Morgan fingerprint density at radius 2 is 1.73 bits per heavy atom. The van der Waals surface area contributed by atoms with Crippen molar-refractivity contribution in [2.75, 3.05) is 33.7 Å². The van der Waals surface area contributed by atoms with Crippen LogP contribution in [-0.4, -0.2) is 60.1 Å². The van der Waals surface area contributed by atoms with E-state index in [2.05, 4.69) is 4.90 Å². The number of carbonyl (C=O) groups is 1. The first-order valence-corrected chi connectivity index (χ1v) is 9.69. The number of aliphatic hydroxyl groups is 1.